The summed E-state index contributed by atoms with van der Waals surface area (Å²) >= 11 is 0. The van der Waals surface area contributed by atoms with Crippen LogP contribution < -0.4 is 10.7 Å². The molecule has 2 atom stereocenters. The van der Waals surface area contributed by atoms with Crippen molar-refractivity contribution in [2.45, 2.75) is 12.5 Å². The van der Waals surface area contributed by atoms with E-state index in [2.05, 4.69) is 5.43 Å². The number of amides is 2. The SMILES string of the molecule is O=C1N[NH+]([O-])N(Cc2ccccc2)C(=O)C1C(c1ccccc1)c1ccccc1. The third-order valence-electron chi connectivity index (χ3n) is 5.12. The highest BCUT2D eigenvalue weighted by atomic mass is 16.6. The second kappa shape index (κ2) is 8.26. The predicted molar refractivity (Wildman–Crippen MR) is 108 cm³/mol. The molecule has 29 heavy (non-hydrogen) atoms. The molecule has 0 saturated carbocycles. The van der Waals surface area contributed by atoms with Gasteiger partial charge in [-0.05, 0) is 16.7 Å². The van der Waals surface area contributed by atoms with E-state index in [1.165, 1.54) is 0 Å². The largest absolute Gasteiger partial charge is 0.582 e. The van der Waals surface area contributed by atoms with Crippen molar-refractivity contribution >= 4 is 11.8 Å². The van der Waals surface area contributed by atoms with Crippen molar-refractivity contribution in [3.05, 3.63) is 113 Å². The average molecular weight is 387 g/mol. The van der Waals surface area contributed by atoms with Gasteiger partial charge in [0.2, 0.25) is 0 Å². The third-order valence-corrected chi connectivity index (χ3v) is 5.12. The second-order valence-electron chi connectivity index (χ2n) is 6.98. The van der Waals surface area contributed by atoms with Crippen molar-refractivity contribution in [2.24, 2.45) is 5.92 Å². The zero-order valence-electron chi connectivity index (χ0n) is 15.7. The monoisotopic (exact) mass is 387 g/mol. The summed E-state index contributed by atoms with van der Waals surface area (Å²) in [6.45, 7) is 0.117. The Morgan fingerprint density at radius 2 is 1.31 bits per heavy atom. The van der Waals surface area contributed by atoms with Gasteiger partial charge in [-0.1, -0.05) is 91.0 Å². The summed E-state index contributed by atoms with van der Waals surface area (Å²) in [5.41, 5.74) is 4.89. The molecule has 3 aromatic rings. The normalized spacial score (nSPS) is 19.3. The van der Waals surface area contributed by atoms with Crippen molar-refractivity contribution in [3.8, 4) is 0 Å². The number of quaternary nitrogens is 1. The average Bonchev–Trinajstić information content (AvgIpc) is 2.76. The van der Waals surface area contributed by atoms with Crippen molar-refractivity contribution in [3.63, 3.8) is 0 Å². The Labute approximate surface area is 168 Å². The van der Waals surface area contributed by atoms with Gasteiger partial charge in [0.15, 0.2) is 0 Å². The van der Waals surface area contributed by atoms with Gasteiger partial charge in [0.1, 0.15) is 5.92 Å². The number of benzene rings is 3. The Morgan fingerprint density at radius 3 is 1.83 bits per heavy atom. The lowest BCUT2D eigenvalue weighted by atomic mass is 9.79. The molecule has 6 heteroatoms. The van der Waals surface area contributed by atoms with E-state index in [1.807, 2.05) is 91.0 Å². The molecule has 2 unspecified atom stereocenters. The summed E-state index contributed by atoms with van der Waals surface area (Å²) in [5, 5.41) is 12.9. The Bertz CT molecular complexity index is 941. The van der Waals surface area contributed by atoms with Gasteiger partial charge in [-0.2, -0.15) is 15.7 Å². The maximum atomic E-state index is 13.4. The first-order valence-corrected chi connectivity index (χ1v) is 9.45. The number of nitrogens with zero attached hydrogens (tertiary/aromatic N) is 1. The number of carbonyl (C=O) groups is 2. The minimum absolute atomic E-state index is 0.117. The highest BCUT2D eigenvalue weighted by Crippen LogP contribution is 2.34. The maximum absolute atomic E-state index is 13.4. The lowest BCUT2D eigenvalue weighted by Gasteiger charge is -2.41. The van der Waals surface area contributed by atoms with Gasteiger partial charge < -0.3 is 5.21 Å². The van der Waals surface area contributed by atoms with E-state index >= 15 is 0 Å². The summed E-state index contributed by atoms with van der Waals surface area (Å²) in [7, 11) is 0. The first kappa shape index (κ1) is 18.9. The first-order chi connectivity index (χ1) is 14.1. The van der Waals surface area contributed by atoms with E-state index in [9.17, 15) is 14.8 Å². The summed E-state index contributed by atoms with van der Waals surface area (Å²) in [5.74, 6) is -2.57. The molecule has 0 aliphatic carbocycles. The Balaban J connectivity index is 1.73. The van der Waals surface area contributed by atoms with Gasteiger partial charge in [-0.25, -0.2) is 0 Å². The quantitative estimate of drug-likeness (QED) is 0.518. The fourth-order valence-corrected chi connectivity index (χ4v) is 3.74. The summed E-state index contributed by atoms with van der Waals surface area (Å²) in [6.07, 6.45) is 0. The van der Waals surface area contributed by atoms with E-state index in [1.54, 1.807) is 0 Å². The highest BCUT2D eigenvalue weighted by Gasteiger charge is 2.46. The van der Waals surface area contributed by atoms with Crippen molar-refractivity contribution in [1.82, 2.24) is 10.4 Å². The summed E-state index contributed by atoms with van der Waals surface area (Å²) in [4.78, 5) is 26.2. The summed E-state index contributed by atoms with van der Waals surface area (Å²) < 4.78 is 0. The minimum Gasteiger partial charge on any atom is -0.582 e. The number of carbonyl (C=O) groups excluding carboxylic acids is 2. The van der Waals surface area contributed by atoms with Gasteiger partial charge >= 0.3 is 0 Å². The molecule has 1 aliphatic rings. The van der Waals surface area contributed by atoms with Crippen LogP contribution >= 0.6 is 0 Å². The van der Waals surface area contributed by atoms with Crippen molar-refractivity contribution in [1.29, 1.82) is 0 Å². The number of rotatable bonds is 5. The van der Waals surface area contributed by atoms with Crippen LogP contribution in [0.25, 0.3) is 0 Å². The molecular weight excluding hydrogens is 366 g/mol. The zero-order valence-corrected chi connectivity index (χ0v) is 15.7. The second-order valence-corrected chi connectivity index (χ2v) is 6.98. The standard InChI is InChI=1S/C23H21N3O3/c27-22-21(20(18-12-6-2-7-13-18)19-14-8-3-9-15-19)23(28)25(26(29)24-22)16-17-10-4-1-5-11-17/h1-15,20-21,26H,16H2,(H,24,27). The van der Waals surface area contributed by atoms with Gasteiger partial charge in [0.25, 0.3) is 11.8 Å². The van der Waals surface area contributed by atoms with Gasteiger partial charge in [-0.3, -0.25) is 9.59 Å². The molecule has 1 heterocycles. The molecule has 1 saturated heterocycles. The van der Waals surface area contributed by atoms with E-state index < -0.39 is 28.9 Å². The van der Waals surface area contributed by atoms with E-state index in [-0.39, 0.29) is 6.54 Å². The Morgan fingerprint density at radius 1 is 0.828 bits per heavy atom. The first-order valence-electron chi connectivity index (χ1n) is 9.45. The molecule has 146 valence electrons. The van der Waals surface area contributed by atoms with Gasteiger partial charge in [0, 0.05) is 5.92 Å². The number of hydrogen-bond donors (Lipinski definition) is 2. The number of hydrogen-bond acceptors (Lipinski definition) is 3. The maximum Gasteiger partial charge on any atom is 0.284 e. The highest BCUT2D eigenvalue weighted by molar-refractivity contribution is 6.02. The third kappa shape index (κ3) is 3.89. The molecule has 4 rings (SSSR count). The van der Waals surface area contributed by atoms with Crippen LogP contribution in [0.5, 0.6) is 0 Å². The van der Waals surface area contributed by atoms with Crippen molar-refractivity contribution < 1.29 is 14.9 Å². The van der Waals surface area contributed by atoms with Crippen LogP contribution in [-0.2, 0) is 16.1 Å². The van der Waals surface area contributed by atoms with E-state index in [4.69, 9.17) is 0 Å². The molecule has 6 nitrogen and oxygen atoms in total. The Hall–Kier alpha value is -3.48. The van der Waals surface area contributed by atoms with E-state index in [0.29, 0.717) is 0 Å². The molecular formula is C23H21N3O3. The van der Waals surface area contributed by atoms with Crippen LogP contribution in [0.1, 0.15) is 22.6 Å². The van der Waals surface area contributed by atoms with Crippen LogP contribution in [0.4, 0.5) is 0 Å². The molecule has 3 aromatic carbocycles. The number of nitrogens with one attached hydrogen (secondary N) is 2. The molecule has 2 amide bonds. The molecule has 0 radical (unpaired) electrons. The fraction of sp³-hybridized carbons (Fsp3) is 0.130. The van der Waals surface area contributed by atoms with Crippen LogP contribution in [-0.4, -0.2) is 16.8 Å². The molecule has 1 aliphatic heterocycles. The minimum atomic E-state index is -1.03. The summed E-state index contributed by atoms with van der Waals surface area (Å²) in [6, 6.07) is 28.1. The van der Waals surface area contributed by atoms with Crippen LogP contribution in [0.3, 0.4) is 0 Å². The fourth-order valence-electron chi connectivity index (χ4n) is 3.74. The van der Waals surface area contributed by atoms with Crippen LogP contribution in [0, 0.1) is 11.1 Å². The van der Waals surface area contributed by atoms with Crippen LogP contribution in [0.15, 0.2) is 91.0 Å². The molecule has 0 spiro atoms. The van der Waals surface area contributed by atoms with Crippen molar-refractivity contribution in [2.75, 3.05) is 0 Å². The molecule has 1 fully saturated rings. The topological polar surface area (TPSA) is 76.9 Å². The zero-order chi connectivity index (χ0) is 20.2. The van der Waals surface area contributed by atoms with Crippen LogP contribution in [0.2, 0.25) is 0 Å². The van der Waals surface area contributed by atoms with Gasteiger partial charge in [0.05, 0.1) is 6.54 Å². The molecule has 0 aromatic heterocycles. The molecule has 0 bridgehead atoms. The smallest absolute Gasteiger partial charge is 0.284 e. The van der Waals surface area contributed by atoms with E-state index in [0.717, 1.165) is 21.7 Å². The lowest BCUT2D eigenvalue weighted by molar-refractivity contribution is -0.996. The van der Waals surface area contributed by atoms with Gasteiger partial charge in [-0.15, -0.1) is 0 Å². The molecule has 2 N–H and O–H groups in total. The Kier molecular flexibility index (Phi) is 5.37. The lowest BCUT2D eigenvalue weighted by Crippen LogP contribution is -3.23. The predicted octanol–water partition coefficient (Wildman–Crippen LogP) is 1.81.